The molecule has 7 nitrogen and oxygen atoms in total. The van der Waals surface area contributed by atoms with Gasteiger partial charge in [0.25, 0.3) is 5.91 Å². The van der Waals surface area contributed by atoms with E-state index < -0.39 is 5.91 Å². The minimum atomic E-state index is -0.954. The van der Waals surface area contributed by atoms with E-state index in [1.165, 1.54) is 0 Å². The van der Waals surface area contributed by atoms with Crippen molar-refractivity contribution in [3.8, 4) is 11.6 Å². The minimum Gasteiger partial charge on any atom is -0.472 e. The maximum atomic E-state index is 11.6. The average Bonchev–Trinajstić information content (AvgIpc) is 3.17. The van der Waals surface area contributed by atoms with Crippen LogP contribution in [0.15, 0.2) is 60.8 Å². The number of carbonyl (C=O) groups is 3. The van der Waals surface area contributed by atoms with Crippen LogP contribution in [0.3, 0.4) is 0 Å². The molecule has 0 aliphatic carbocycles. The number of hydrogen-bond acceptors (Lipinski definition) is 5. The number of carbonyl (C=O) groups excluding carboxylic acids is 3. The third kappa shape index (κ3) is 4.21. The summed E-state index contributed by atoms with van der Waals surface area (Å²) in [5.41, 5.74) is 1.65. The highest BCUT2D eigenvalue weighted by molar-refractivity contribution is 6.35. The van der Waals surface area contributed by atoms with Crippen molar-refractivity contribution in [2.75, 3.05) is 4.90 Å². The van der Waals surface area contributed by atoms with Gasteiger partial charge in [0.2, 0.25) is 18.6 Å². The molecule has 0 aliphatic rings. The molecule has 0 spiro atoms. The number of rotatable bonds is 7. The lowest BCUT2D eigenvalue weighted by atomic mass is 10.1. The normalized spacial score (nSPS) is 10.3. The molecule has 0 saturated carbocycles. The van der Waals surface area contributed by atoms with E-state index in [0.29, 0.717) is 22.9 Å². The molecule has 3 aromatic rings. The summed E-state index contributed by atoms with van der Waals surface area (Å²) in [6, 6.07) is 15.5. The summed E-state index contributed by atoms with van der Waals surface area (Å²) in [6.45, 7) is 0.0598. The lowest BCUT2D eigenvalue weighted by molar-refractivity contribution is -0.131. The number of para-hydroxylation sites is 1. The Balaban J connectivity index is 1.76. The van der Waals surface area contributed by atoms with Gasteiger partial charge >= 0.3 is 0 Å². The number of aldehydes is 1. The SMILES string of the molecule is O=CC(=O)N(C=O)c1ccccc1COc1ccn(-c2ccc(Cl)cc2)n1. The van der Waals surface area contributed by atoms with Gasteiger partial charge in [-0.2, -0.15) is 0 Å². The molecule has 1 aromatic heterocycles. The number of benzene rings is 2. The fraction of sp³-hybridized carbons (Fsp3) is 0.0526. The monoisotopic (exact) mass is 383 g/mol. The van der Waals surface area contributed by atoms with E-state index in [0.717, 1.165) is 10.6 Å². The lowest BCUT2D eigenvalue weighted by Gasteiger charge is -2.16. The highest BCUT2D eigenvalue weighted by Crippen LogP contribution is 2.22. The Morgan fingerprint density at radius 1 is 1.11 bits per heavy atom. The molecule has 0 atom stereocenters. The Bertz CT molecular complexity index is 969. The molecule has 0 bridgehead atoms. The lowest BCUT2D eigenvalue weighted by Crippen LogP contribution is -2.31. The minimum absolute atomic E-state index is 0.0598. The molecular formula is C19H14ClN3O4. The van der Waals surface area contributed by atoms with Gasteiger partial charge in [-0.15, -0.1) is 5.10 Å². The molecule has 8 heteroatoms. The first-order chi connectivity index (χ1) is 13.1. The van der Waals surface area contributed by atoms with E-state index in [1.807, 2.05) is 12.1 Å². The Morgan fingerprint density at radius 2 is 1.85 bits per heavy atom. The van der Waals surface area contributed by atoms with E-state index in [9.17, 15) is 14.4 Å². The fourth-order valence-corrected chi connectivity index (χ4v) is 2.55. The maximum absolute atomic E-state index is 11.6. The molecule has 0 unspecified atom stereocenters. The zero-order valence-electron chi connectivity index (χ0n) is 14.0. The van der Waals surface area contributed by atoms with Crippen LogP contribution in [0, 0.1) is 0 Å². The van der Waals surface area contributed by atoms with Gasteiger partial charge in [-0.05, 0) is 30.3 Å². The molecule has 2 amide bonds. The number of halogens is 1. The van der Waals surface area contributed by atoms with Gasteiger partial charge < -0.3 is 4.74 Å². The van der Waals surface area contributed by atoms with Gasteiger partial charge in [0.1, 0.15) is 6.61 Å². The molecule has 0 aliphatic heterocycles. The molecule has 0 N–H and O–H groups in total. The summed E-state index contributed by atoms with van der Waals surface area (Å²) in [5, 5.41) is 4.94. The molecule has 3 rings (SSSR count). The van der Waals surface area contributed by atoms with Crippen molar-refractivity contribution < 1.29 is 19.1 Å². The first-order valence-corrected chi connectivity index (χ1v) is 8.26. The first-order valence-electron chi connectivity index (χ1n) is 7.88. The van der Waals surface area contributed by atoms with Gasteiger partial charge in [-0.25, -0.2) is 9.58 Å². The number of imide groups is 1. The van der Waals surface area contributed by atoms with Gasteiger partial charge in [0.15, 0.2) is 0 Å². The van der Waals surface area contributed by atoms with Crippen LogP contribution in [0.5, 0.6) is 5.88 Å². The van der Waals surface area contributed by atoms with Crippen molar-refractivity contribution in [3.05, 3.63) is 71.4 Å². The number of nitrogens with zero attached hydrogens (tertiary/aromatic N) is 3. The second-order valence-corrected chi connectivity index (χ2v) is 5.86. The van der Waals surface area contributed by atoms with Crippen LogP contribution in [-0.2, 0) is 21.0 Å². The number of hydrogen-bond donors (Lipinski definition) is 0. The van der Waals surface area contributed by atoms with Gasteiger partial charge in [0, 0.05) is 22.8 Å². The highest BCUT2D eigenvalue weighted by atomic mass is 35.5. The van der Waals surface area contributed by atoms with Gasteiger partial charge in [-0.1, -0.05) is 29.8 Å². The Hall–Kier alpha value is -3.45. The molecule has 2 aromatic carbocycles. The van der Waals surface area contributed by atoms with Crippen molar-refractivity contribution in [2.45, 2.75) is 6.61 Å². The standard InChI is InChI=1S/C19H14ClN3O4/c20-15-5-7-16(8-6-15)23-10-9-18(21-23)27-12-14-3-1-2-4-17(14)22(13-25)19(26)11-24/h1-11,13H,12H2. The predicted octanol–water partition coefficient (Wildman–Crippen LogP) is 2.79. The van der Waals surface area contributed by atoms with E-state index in [-0.39, 0.29) is 18.6 Å². The largest absolute Gasteiger partial charge is 0.472 e. The van der Waals surface area contributed by atoms with Crippen LogP contribution in [0.2, 0.25) is 5.02 Å². The van der Waals surface area contributed by atoms with E-state index >= 15 is 0 Å². The van der Waals surface area contributed by atoms with E-state index in [1.54, 1.807) is 53.3 Å². The highest BCUT2D eigenvalue weighted by Gasteiger charge is 2.17. The summed E-state index contributed by atoms with van der Waals surface area (Å²) in [4.78, 5) is 34.3. The van der Waals surface area contributed by atoms with Crippen LogP contribution < -0.4 is 9.64 Å². The average molecular weight is 384 g/mol. The third-order valence-corrected chi connectivity index (χ3v) is 3.98. The van der Waals surface area contributed by atoms with E-state index in [2.05, 4.69) is 5.10 Å². The molecule has 0 radical (unpaired) electrons. The van der Waals surface area contributed by atoms with Crippen molar-refractivity contribution in [1.82, 2.24) is 9.78 Å². The zero-order chi connectivity index (χ0) is 19.2. The summed E-state index contributed by atoms with van der Waals surface area (Å²) >= 11 is 5.88. The van der Waals surface area contributed by atoms with Crippen molar-refractivity contribution >= 4 is 35.9 Å². The fourth-order valence-electron chi connectivity index (χ4n) is 2.43. The Morgan fingerprint density at radius 3 is 2.56 bits per heavy atom. The van der Waals surface area contributed by atoms with Crippen LogP contribution in [0.25, 0.3) is 5.69 Å². The predicted molar refractivity (Wildman–Crippen MR) is 99.0 cm³/mol. The van der Waals surface area contributed by atoms with Crippen molar-refractivity contribution in [2.24, 2.45) is 0 Å². The molecule has 0 saturated heterocycles. The van der Waals surface area contributed by atoms with Crippen LogP contribution >= 0.6 is 11.6 Å². The van der Waals surface area contributed by atoms with E-state index in [4.69, 9.17) is 16.3 Å². The molecule has 27 heavy (non-hydrogen) atoms. The smallest absolute Gasteiger partial charge is 0.297 e. The molecule has 1 heterocycles. The summed E-state index contributed by atoms with van der Waals surface area (Å²) in [5.74, 6) is -0.594. The number of anilines is 1. The zero-order valence-corrected chi connectivity index (χ0v) is 14.7. The summed E-state index contributed by atoms with van der Waals surface area (Å²) in [7, 11) is 0. The first kappa shape index (κ1) is 18.3. The van der Waals surface area contributed by atoms with Gasteiger partial charge in [0.05, 0.1) is 11.4 Å². The Labute approximate surface area is 159 Å². The number of ether oxygens (including phenoxy) is 1. The topological polar surface area (TPSA) is 81.5 Å². The summed E-state index contributed by atoms with van der Waals surface area (Å²) in [6.07, 6.45) is 2.11. The van der Waals surface area contributed by atoms with Crippen LogP contribution in [0.4, 0.5) is 5.69 Å². The maximum Gasteiger partial charge on any atom is 0.297 e. The number of amides is 2. The quantitative estimate of drug-likeness (QED) is 0.463. The van der Waals surface area contributed by atoms with Gasteiger partial charge in [-0.3, -0.25) is 14.4 Å². The second-order valence-electron chi connectivity index (χ2n) is 5.42. The van der Waals surface area contributed by atoms with Crippen LogP contribution in [-0.4, -0.2) is 28.4 Å². The summed E-state index contributed by atoms with van der Waals surface area (Å²) < 4.78 is 7.30. The molecule has 0 fully saturated rings. The Kier molecular flexibility index (Phi) is 5.63. The second kappa shape index (κ2) is 8.29. The molecule has 136 valence electrons. The third-order valence-electron chi connectivity index (χ3n) is 3.73. The van der Waals surface area contributed by atoms with Crippen molar-refractivity contribution in [3.63, 3.8) is 0 Å². The van der Waals surface area contributed by atoms with Crippen LogP contribution in [0.1, 0.15) is 5.56 Å². The molecular weight excluding hydrogens is 370 g/mol. The number of aromatic nitrogens is 2. The van der Waals surface area contributed by atoms with Crippen molar-refractivity contribution in [1.29, 1.82) is 0 Å².